The van der Waals surface area contributed by atoms with Gasteiger partial charge in [0.1, 0.15) is 0 Å². The molecule has 0 saturated carbocycles. The normalized spacial score (nSPS) is 14.1. The first-order chi connectivity index (χ1) is 17.4. The molecule has 198 valence electrons. The first-order valence-corrected chi connectivity index (χ1v) is 12.5. The Kier molecular flexibility index (Phi) is 8.39. The number of amides is 1. The predicted molar refractivity (Wildman–Crippen MR) is 128 cm³/mol. The number of alkyl halides is 3. The molecule has 2 aromatic heterocycles. The number of carbonyl (C=O) groups excluding carboxylic acids is 1. The van der Waals surface area contributed by atoms with Gasteiger partial charge in [0.05, 0.1) is 22.7 Å². The van der Waals surface area contributed by atoms with Gasteiger partial charge in [-0.2, -0.15) is 17.5 Å². The van der Waals surface area contributed by atoms with Gasteiger partial charge in [0.25, 0.3) is 5.91 Å². The quantitative estimate of drug-likeness (QED) is 0.525. The average molecular weight is 539 g/mol. The number of hydrogen-bond acceptors (Lipinski definition) is 5. The number of aromatic nitrogens is 2. The summed E-state index contributed by atoms with van der Waals surface area (Å²) in [5.41, 5.74) is 3.56. The minimum absolute atomic E-state index is 0.133. The second-order valence-corrected chi connectivity index (χ2v) is 9.97. The highest BCUT2D eigenvalue weighted by atomic mass is 32.2. The van der Waals surface area contributed by atoms with Crippen LogP contribution in [-0.2, 0) is 27.9 Å². The number of benzene rings is 1. The van der Waals surface area contributed by atoms with Gasteiger partial charge >= 0.3 is 12.1 Å². The number of pyridine rings is 1. The lowest BCUT2D eigenvalue weighted by Crippen LogP contribution is -2.32. The summed E-state index contributed by atoms with van der Waals surface area (Å²) in [5, 5.41) is 9.84. The topological polar surface area (TPSA) is 122 Å². The van der Waals surface area contributed by atoms with E-state index in [-0.39, 0.29) is 17.3 Å². The van der Waals surface area contributed by atoms with E-state index < -0.39 is 22.2 Å². The summed E-state index contributed by atoms with van der Waals surface area (Å²) in [6, 6.07) is 14.0. The maximum absolute atomic E-state index is 13.3. The number of rotatable bonds is 4. The zero-order valence-corrected chi connectivity index (χ0v) is 20.8. The van der Waals surface area contributed by atoms with E-state index in [2.05, 4.69) is 14.9 Å². The van der Waals surface area contributed by atoms with Gasteiger partial charge in [-0.25, -0.2) is 13.2 Å². The molecule has 3 heterocycles. The molecule has 2 N–H and O–H groups in total. The highest BCUT2D eigenvalue weighted by Gasteiger charge is 2.38. The van der Waals surface area contributed by atoms with Gasteiger partial charge in [-0.3, -0.25) is 9.78 Å². The van der Waals surface area contributed by atoms with Crippen LogP contribution in [0.5, 0.6) is 0 Å². The number of halogens is 3. The molecule has 0 spiro atoms. The van der Waals surface area contributed by atoms with Crippen LogP contribution in [0.2, 0.25) is 0 Å². The maximum Gasteiger partial charge on any atom is 0.490 e. The highest BCUT2D eigenvalue weighted by Crippen LogP contribution is 2.34. The number of nitrogens with one attached hydrogen (secondary N) is 1. The van der Waals surface area contributed by atoms with E-state index in [0.717, 1.165) is 11.3 Å². The molecule has 13 heteroatoms. The second-order valence-electron chi connectivity index (χ2n) is 8.04. The van der Waals surface area contributed by atoms with Gasteiger partial charge in [0.15, 0.2) is 0 Å². The Hall–Kier alpha value is -3.71. The van der Waals surface area contributed by atoms with Crippen LogP contribution in [0.25, 0.3) is 11.3 Å². The minimum Gasteiger partial charge on any atom is -0.475 e. The molecule has 1 amide bonds. The molecule has 0 radical (unpaired) electrons. The summed E-state index contributed by atoms with van der Waals surface area (Å²) in [6.07, 6.45) is -2.74. The third-order valence-electron chi connectivity index (χ3n) is 5.75. The van der Waals surface area contributed by atoms with Gasteiger partial charge in [-0.15, -0.1) is 0 Å². The first-order valence-electron chi connectivity index (χ1n) is 11.1. The summed E-state index contributed by atoms with van der Waals surface area (Å²) >= 11 is 0. The first kappa shape index (κ1) is 27.9. The molecule has 1 aliphatic rings. The fourth-order valence-electron chi connectivity index (χ4n) is 4.06. The van der Waals surface area contributed by atoms with Crippen molar-refractivity contribution in [2.24, 2.45) is 0 Å². The van der Waals surface area contributed by atoms with Crippen LogP contribution >= 0.6 is 0 Å². The molecule has 0 unspecified atom stereocenters. The van der Waals surface area contributed by atoms with E-state index in [1.54, 1.807) is 43.6 Å². The number of sulfonamides is 1. The molecule has 1 aliphatic heterocycles. The number of carboxylic acid groups (broad SMARTS) is 1. The fourth-order valence-corrected chi connectivity index (χ4v) is 5.52. The molecule has 3 aromatic rings. The van der Waals surface area contributed by atoms with Crippen LogP contribution in [-0.4, -0.2) is 59.0 Å². The van der Waals surface area contributed by atoms with E-state index in [0.29, 0.717) is 36.5 Å². The fraction of sp³-hybridized carbons (Fsp3) is 0.292. The van der Waals surface area contributed by atoms with Gasteiger partial charge in [-0.05, 0) is 37.6 Å². The number of carboxylic acids is 1. The number of hydrogen-bond donors (Lipinski definition) is 2. The second kappa shape index (κ2) is 11.1. The van der Waals surface area contributed by atoms with E-state index in [4.69, 9.17) is 9.90 Å². The van der Waals surface area contributed by atoms with Gasteiger partial charge < -0.3 is 15.0 Å². The van der Waals surface area contributed by atoms with Crippen molar-refractivity contribution in [1.29, 1.82) is 0 Å². The number of nitrogens with zero attached hydrogens (tertiary/aromatic N) is 3. The van der Waals surface area contributed by atoms with Crippen LogP contribution in [0.1, 0.15) is 28.2 Å². The van der Waals surface area contributed by atoms with E-state index >= 15 is 0 Å². The molecule has 37 heavy (non-hydrogen) atoms. The molecule has 0 bridgehead atoms. The van der Waals surface area contributed by atoms with Gasteiger partial charge in [-0.1, -0.05) is 24.3 Å². The number of fused-ring (bicyclic) bond motifs is 1. The third kappa shape index (κ3) is 6.00. The SMILES string of the molecule is CNC(=O)c1c(-c2ccccn2)c(C)n2c1CN(S(=O)(=O)c1ccccc1)CCC2.O=C(O)C(F)(F)F. The van der Waals surface area contributed by atoms with Crippen molar-refractivity contribution in [2.45, 2.75) is 37.5 Å². The van der Waals surface area contributed by atoms with E-state index in [1.807, 2.05) is 25.1 Å². The Balaban J connectivity index is 0.000000479. The summed E-state index contributed by atoms with van der Waals surface area (Å²) in [4.78, 5) is 26.5. The van der Waals surface area contributed by atoms with Crippen LogP contribution in [0, 0.1) is 6.92 Å². The van der Waals surface area contributed by atoms with Crippen molar-refractivity contribution in [2.75, 3.05) is 13.6 Å². The smallest absolute Gasteiger partial charge is 0.475 e. The Morgan fingerprint density at radius 3 is 2.22 bits per heavy atom. The van der Waals surface area contributed by atoms with E-state index in [9.17, 15) is 26.4 Å². The Labute approximate surface area is 211 Å². The van der Waals surface area contributed by atoms with Crippen LogP contribution < -0.4 is 5.32 Å². The monoisotopic (exact) mass is 538 g/mol. The molecule has 0 atom stereocenters. The molecule has 0 fully saturated rings. The summed E-state index contributed by atoms with van der Waals surface area (Å²) < 4.78 is 61.8. The minimum atomic E-state index is -5.08. The number of aliphatic carboxylic acids is 1. The lowest BCUT2D eigenvalue weighted by atomic mass is 10.0. The lowest BCUT2D eigenvalue weighted by molar-refractivity contribution is -0.192. The lowest BCUT2D eigenvalue weighted by Gasteiger charge is -2.20. The van der Waals surface area contributed by atoms with Crippen LogP contribution in [0.4, 0.5) is 13.2 Å². The Morgan fingerprint density at radius 1 is 1.05 bits per heavy atom. The van der Waals surface area contributed by atoms with E-state index in [1.165, 1.54) is 4.31 Å². The van der Waals surface area contributed by atoms with Gasteiger partial charge in [0.2, 0.25) is 10.0 Å². The molecule has 4 rings (SSSR count). The van der Waals surface area contributed by atoms with Crippen LogP contribution in [0.3, 0.4) is 0 Å². The summed E-state index contributed by atoms with van der Waals surface area (Å²) in [7, 11) is -2.09. The third-order valence-corrected chi connectivity index (χ3v) is 7.60. The zero-order valence-electron chi connectivity index (χ0n) is 20.0. The van der Waals surface area contributed by atoms with Crippen molar-refractivity contribution in [3.63, 3.8) is 0 Å². The molecule has 0 saturated heterocycles. The van der Waals surface area contributed by atoms with Crippen molar-refractivity contribution < 1.29 is 36.3 Å². The Morgan fingerprint density at radius 2 is 1.68 bits per heavy atom. The summed E-state index contributed by atoms with van der Waals surface area (Å²) in [5.74, 6) is -3.00. The standard InChI is InChI=1S/C22H24N4O3S.C2HF3O2/c1-16-20(18-11-6-7-12-24-18)21(22(27)23-2)19-15-25(13-8-14-26(16)19)30(28,29)17-9-4-3-5-10-17;3-2(4,5)1(6)7/h3-7,9-12H,8,13-15H2,1-2H3,(H,23,27);(H,6,7). The number of carbonyl (C=O) groups is 2. The highest BCUT2D eigenvalue weighted by molar-refractivity contribution is 7.89. The molecular weight excluding hydrogens is 513 g/mol. The van der Waals surface area contributed by atoms with Gasteiger partial charge in [0, 0.05) is 43.3 Å². The Bertz CT molecular complexity index is 1370. The molecule has 0 aliphatic carbocycles. The van der Waals surface area contributed by atoms with Crippen molar-refractivity contribution >= 4 is 21.9 Å². The molecule has 9 nitrogen and oxygen atoms in total. The van der Waals surface area contributed by atoms with Crippen LogP contribution in [0.15, 0.2) is 59.6 Å². The predicted octanol–water partition coefficient (Wildman–Crippen LogP) is 3.45. The molecule has 1 aromatic carbocycles. The van der Waals surface area contributed by atoms with Crippen molar-refractivity contribution in [3.8, 4) is 11.3 Å². The summed E-state index contributed by atoms with van der Waals surface area (Å²) in [6.45, 7) is 3.12. The largest absolute Gasteiger partial charge is 0.490 e. The molecular formula is C24H25F3N4O5S. The zero-order chi connectivity index (χ0) is 27.4. The van der Waals surface area contributed by atoms with Crippen molar-refractivity contribution in [1.82, 2.24) is 19.2 Å². The average Bonchev–Trinajstić information content (AvgIpc) is 3.00. The van der Waals surface area contributed by atoms with Crippen molar-refractivity contribution in [3.05, 3.63) is 71.7 Å². The maximum atomic E-state index is 13.3.